The molecular weight excluding hydrogens is 224 g/mol. The number of likely N-dealkylation sites (N-methyl/N-ethyl adjacent to an activating group) is 1. The summed E-state index contributed by atoms with van der Waals surface area (Å²) in [6.45, 7) is 6.76. The van der Waals surface area contributed by atoms with E-state index in [4.69, 9.17) is 4.98 Å². The third kappa shape index (κ3) is 2.08. The summed E-state index contributed by atoms with van der Waals surface area (Å²) in [6.07, 6.45) is 4.94. The summed E-state index contributed by atoms with van der Waals surface area (Å²) in [6, 6.07) is 0.713. The highest BCUT2D eigenvalue weighted by atomic mass is 15.2. The van der Waals surface area contributed by atoms with Crippen molar-refractivity contribution in [1.82, 2.24) is 19.8 Å². The van der Waals surface area contributed by atoms with Gasteiger partial charge in [0.2, 0.25) is 0 Å². The smallest absolute Gasteiger partial charge is 0.110 e. The maximum atomic E-state index is 4.86. The molecule has 1 fully saturated rings. The number of hydrogen-bond acceptors (Lipinski definition) is 3. The lowest BCUT2D eigenvalue weighted by Crippen LogP contribution is -2.31. The van der Waals surface area contributed by atoms with Crippen LogP contribution in [0.5, 0.6) is 0 Å². The Morgan fingerprint density at radius 2 is 2.33 bits per heavy atom. The molecule has 1 N–H and O–H groups in total. The molecule has 0 radical (unpaired) electrons. The van der Waals surface area contributed by atoms with Gasteiger partial charge in [-0.1, -0.05) is 6.92 Å². The van der Waals surface area contributed by atoms with Crippen LogP contribution in [0.15, 0.2) is 0 Å². The quantitative estimate of drug-likeness (QED) is 0.869. The molecule has 0 saturated carbocycles. The molecule has 3 heterocycles. The first-order valence-corrected chi connectivity index (χ1v) is 7.27. The van der Waals surface area contributed by atoms with Crippen LogP contribution in [0.25, 0.3) is 0 Å². The normalized spacial score (nSPS) is 24.4. The van der Waals surface area contributed by atoms with Gasteiger partial charge in [-0.2, -0.15) is 0 Å². The second-order valence-electron chi connectivity index (χ2n) is 5.54. The van der Waals surface area contributed by atoms with E-state index in [1.807, 2.05) is 0 Å². The number of fused-ring (bicyclic) bond motifs is 1. The molecule has 2 aliphatic rings. The van der Waals surface area contributed by atoms with Gasteiger partial charge in [0.1, 0.15) is 5.82 Å². The highest BCUT2D eigenvalue weighted by Crippen LogP contribution is 2.22. The highest BCUT2D eigenvalue weighted by Gasteiger charge is 2.26. The Hall–Kier alpha value is -0.870. The first-order valence-electron chi connectivity index (χ1n) is 7.27. The number of nitrogens with zero attached hydrogens (tertiary/aromatic N) is 3. The largest absolute Gasteiger partial charge is 0.335 e. The molecular formula is C14H24N4. The van der Waals surface area contributed by atoms with Gasteiger partial charge in [-0.25, -0.2) is 4.98 Å². The summed E-state index contributed by atoms with van der Waals surface area (Å²) in [7, 11) is 2.19. The van der Waals surface area contributed by atoms with Crippen molar-refractivity contribution in [2.24, 2.45) is 7.05 Å². The number of likely N-dealkylation sites (tertiary alicyclic amines) is 1. The SMILES string of the molecule is CCN1CCCC1Cc1nc2c(n1C)CCNC2. The summed E-state index contributed by atoms with van der Waals surface area (Å²) < 4.78 is 2.35. The van der Waals surface area contributed by atoms with Crippen LogP contribution in [0.2, 0.25) is 0 Å². The summed E-state index contributed by atoms with van der Waals surface area (Å²) in [5.74, 6) is 1.29. The van der Waals surface area contributed by atoms with Crippen molar-refractivity contribution in [3.05, 3.63) is 17.2 Å². The zero-order valence-electron chi connectivity index (χ0n) is 11.6. The van der Waals surface area contributed by atoms with Crippen molar-refractivity contribution in [1.29, 1.82) is 0 Å². The highest BCUT2D eigenvalue weighted by molar-refractivity contribution is 5.20. The van der Waals surface area contributed by atoms with Crippen LogP contribution in [-0.4, -0.2) is 40.1 Å². The van der Waals surface area contributed by atoms with Crippen LogP contribution >= 0.6 is 0 Å². The molecule has 3 rings (SSSR count). The van der Waals surface area contributed by atoms with Crippen molar-refractivity contribution >= 4 is 0 Å². The van der Waals surface area contributed by atoms with Crippen molar-refractivity contribution in [3.8, 4) is 0 Å². The summed E-state index contributed by atoms with van der Waals surface area (Å²) in [5, 5.41) is 3.41. The molecule has 0 amide bonds. The molecule has 2 aliphatic heterocycles. The molecule has 18 heavy (non-hydrogen) atoms. The van der Waals surface area contributed by atoms with Gasteiger partial charge in [0, 0.05) is 44.7 Å². The standard InChI is InChI=1S/C14H24N4/c1-3-18-8-4-5-11(18)9-14-16-12-10-15-7-6-13(12)17(14)2/h11,15H,3-10H2,1-2H3. The summed E-state index contributed by atoms with van der Waals surface area (Å²) >= 11 is 0. The maximum Gasteiger partial charge on any atom is 0.110 e. The zero-order valence-corrected chi connectivity index (χ0v) is 11.6. The summed E-state index contributed by atoms with van der Waals surface area (Å²) in [4.78, 5) is 7.46. The first kappa shape index (κ1) is 12.2. The molecule has 4 heteroatoms. The Labute approximate surface area is 109 Å². The lowest BCUT2D eigenvalue weighted by atomic mass is 10.1. The van der Waals surface area contributed by atoms with E-state index >= 15 is 0 Å². The predicted octanol–water partition coefficient (Wildman–Crippen LogP) is 1.09. The van der Waals surface area contributed by atoms with E-state index in [0.29, 0.717) is 6.04 Å². The zero-order chi connectivity index (χ0) is 12.5. The molecule has 100 valence electrons. The van der Waals surface area contributed by atoms with E-state index in [1.54, 1.807) is 0 Å². The summed E-state index contributed by atoms with van der Waals surface area (Å²) in [5.41, 5.74) is 2.73. The van der Waals surface area contributed by atoms with E-state index in [2.05, 4.69) is 28.8 Å². The molecule has 1 unspecified atom stereocenters. The fourth-order valence-corrected chi connectivity index (χ4v) is 3.45. The Balaban J connectivity index is 1.78. The maximum absolute atomic E-state index is 4.86. The van der Waals surface area contributed by atoms with Gasteiger partial charge in [0.15, 0.2) is 0 Å². The van der Waals surface area contributed by atoms with Gasteiger partial charge < -0.3 is 14.8 Å². The minimum atomic E-state index is 0.713. The van der Waals surface area contributed by atoms with Gasteiger partial charge >= 0.3 is 0 Å². The molecule has 1 aromatic heterocycles. The van der Waals surface area contributed by atoms with Crippen molar-refractivity contribution in [2.45, 2.75) is 45.2 Å². The predicted molar refractivity (Wildman–Crippen MR) is 72.6 cm³/mol. The molecule has 0 bridgehead atoms. The second kappa shape index (κ2) is 5.02. The van der Waals surface area contributed by atoms with Crippen LogP contribution in [-0.2, 0) is 26.4 Å². The average Bonchev–Trinajstić information content (AvgIpc) is 2.96. The minimum absolute atomic E-state index is 0.713. The van der Waals surface area contributed by atoms with Crippen LogP contribution in [0.4, 0.5) is 0 Å². The van der Waals surface area contributed by atoms with E-state index in [-0.39, 0.29) is 0 Å². The monoisotopic (exact) mass is 248 g/mol. The van der Waals surface area contributed by atoms with E-state index in [1.165, 1.54) is 43.1 Å². The lowest BCUT2D eigenvalue weighted by molar-refractivity contribution is 0.262. The Morgan fingerprint density at radius 3 is 3.11 bits per heavy atom. The first-order chi connectivity index (χ1) is 8.79. The molecule has 0 aliphatic carbocycles. The molecule has 1 aromatic rings. The third-order valence-electron chi connectivity index (χ3n) is 4.54. The third-order valence-corrected chi connectivity index (χ3v) is 4.54. The molecule has 1 saturated heterocycles. The van der Waals surface area contributed by atoms with Crippen molar-refractivity contribution in [2.75, 3.05) is 19.6 Å². The Bertz CT molecular complexity index is 424. The lowest BCUT2D eigenvalue weighted by Gasteiger charge is -2.22. The van der Waals surface area contributed by atoms with E-state index in [9.17, 15) is 0 Å². The van der Waals surface area contributed by atoms with Gasteiger partial charge in [-0.3, -0.25) is 0 Å². The van der Waals surface area contributed by atoms with Gasteiger partial charge in [-0.15, -0.1) is 0 Å². The number of imidazole rings is 1. The minimum Gasteiger partial charge on any atom is -0.335 e. The number of hydrogen-bond donors (Lipinski definition) is 1. The average molecular weight is 248 g/mol. The van der Waals surface area contributed by atoms with Gasteiger partial charge in [-0.05, 0) is 25.9 Å². The molecule has 4 nitrogen and oxygen atoms in total. The Morgan fingerprint density at radius 1 is 1.44 bits per heavy atom. The van der Waals surface area contributed by atoms with Crippen LogP contribution in [0.3, 0.4) is 0 Å². The fraction of sp³-hybridized carbons (Fsp3) is 0.786. The van der Waals surface area contributed by atoms with Crippen LogP contribution < -0.4 is 5.32 Å². The van der Waals surface area contributed by atoms with Gasteiger partial charge in [0.25, 0.3) is 0 Å². The molecule has 0 aromatic carbocycles. The van der Waals surface area contributed by atoms with Crippen molar-refractivity contribution in [3.63, 3.8) is 0 Å². The number of aromatic nitrogens is 2. The topological polar surface area (TPSA) is 33.1 Å². The van der Waals surface area contributed by atoms with Crippen molar-refractivity contribution < 1.29 is 0 Å². The van der Waals surface area contributed by atoms with Crippen LogP contribution in [0.1, 0.15) is 37.0 Å². The van der Waals surface area contributed by atoms with E-state index < -0.39 is 0 Å². The molecule has 0 spiro atoms. The molecule has 1 atom stereocenters. The fourth-order valence-electron chi connectivity index (χ4n) is 3.45. The number of rotatable bonds is 3. The van der Waals surface area contributed by atoms with Crippen LogP contribution in [0, 0.1) is 0 Å². The number of nitrogens with one attached hydrogen (secondary N) is 1. The second-order valence-corrected chi connectivity index (χ2v) is 5.54. The Kier molecular flexibility index (Phi) is 3.39. The van der Waals surface area contributed by atoms with Gasteiger partial charge in [0.05, 0.1) is 5.69 Å². The van der Waals surface area contributed by atoms with E-state index in [0.717, 1.165) is 25.9 Å².